The van der Waals surface area contributed by atoms with E-state index in [1.54, 1.807) is 0 Å². The number of hydrogen-bond acceptors (Lipinski definition) is 10. The third-order valence-corrected chi connectivity index (χ3v) is 17.3. The lowest BCUT2D eigenvalue weighted by atomic mass is 9.98. The molecular weight excluding hydrogens is 1050 g/mol. The lowest BCUT2D eigenvalue weighted by Gasteiger charge is -2.40. The van der Waals surface area contributed by atoms with Gasteiger partial charge in [-0.1, -0.05) is 306 Å². The second-order valence-electron chi connectivity index (χ2n) is 25.3. The molecule has 1 aliphatic rings. The van der Waals surface area contributed by atoms with Crippen LogP contribution in [0.25, 0.3) is 0 Å². The standard InChI is InChI=1S/C73H137NO10/c1-3-5-7-9-11-13-15-17-19-21-23-25-27-29-30-31-32-33-34-35-37-39-41-43-45-47-49-51-53-55-57-59-61-66(77)72(82)74-64(63-83-73-71(81)70(80)69(79)67(62-75)84-73)68(78)65(76)60-58-56-54-52-50-48-46-44-42-40-38-36-28-26-24-22-20-18-16-14-12-10-8-6-4-2/h23,25,29-30,44,46,52,54,64-71,73,75-81H,3-22,24,26-28,31-43,45,47-51,53,55-63H2,1-2H3,(H,74,82)/b25-23-,30-29-,46-44+,54-52+. The molecule has 0 aromatic rings. The van der Waals surface area contributed by atoms with Gasteiger partial charge < -0.3 is 50.5 Å². The number of rotatable bonds is 63. The third-order valence-electron chi connectivity index (χ3n) is 17.3. The first-order valence-corrected chi connectivity index (χ1v) is 36.0. The van der Waals surface area contributed by atoms with Gasteiger partial charge in [-0.3, -0.25) is 4.79 Å². The fourth-order valence-electron chi connectivity index (χ4n) is 11.6. The molecule has 0 aliphatic carbocycles. The molecule has 11 nitrogen and oxygen atoms in total. The smallest absolute Gasteiger partial charge is 0.249 e. The summed E-state index contributed by atoms with van der Waals surface area (Å²) in [6.45, 7) is 3.49. The zero-order valence-electron chi connectivity index (χ0n) is 54.6. The zero-order valence-corrected chi connectivity index (χ0v) is 54.6. The highest BCUT2D eigenvalue weighted by Crippen LogP contribution is 2.24. The van der Waals surface area contributed by atoms with Crippen LogP contribution in [-0.4, -0.2) is 110 Å². The fraction of sp³-hybridized carbons (Fsp3) is 0.877. The number of carbonyl (C=O) groups excluding carboxylic acids is 1. The Labute approximate surface area is 517 Å². The number of aliphatic hydroxyl groups excluding tert-OH is 7. The average molecular weight is 1190 g/mol. The van der Waals surface area contributed by atoms with Crippen LogP contribution in [0.5, 0.6) is 0 Å². The van der Waals surface area contributed by atoms with Crippen molar-refractivity contribution in [1.82, 2.24) is 5.32 Å². The minimum absolute atomic E-state index is 0.247. The van der Waals surface area contributed by atoms with Crippen LogP contribution < -0.4 is 5.32 Å². The van der Waals surface area contributed by atoms with Crippen LogP contribution in [0.3, 0.4) is 0 Å². The Bertz CT molecular complexity index is 1510. The molecule has 0 bridgehead atoms. The number of carbonyl (C=O) groups is 1. The summed E-state index contributed by atoms with van der Waals surface area (Å²) >= 11 is 0. The normalized spacial score (nSPS) is 19.2. The summed E-state index contributed by atoms with van der Waals surface area (Å²) in [4.78, 5) is 13.3. The highest BCUT2D eigenvalue weighted by Gasteiger charge is 2.44. The van der Waals surface area contributed by atoms with Crippen molar-refractivity contribution in [2.24, 2.45) is 0 Å². The molecule has 0 saturated carbocycles. The van der Waals surface area contributed by atoms with Crippen LogP contribution in [-0.2, 0) is 14.3 Å². The first-order chi connectivity index (χ1) is 41.2. The van der Waals surface area contributed by atoms with E-state index >= 15 is 0 Å². The Kier molecular flexibility index (Phi) is 58.5. The molecule has 494 valence electrons. The van der Waals surface area contributed by atoms with Gasteiger partial charge in [-0.2, -0.15) is 0 Å². The molecule has 11 heteroatoms. The number of hydrogen-bond donors (Lipinski definition) is 8. The molecule has 1 aliphatic heterocycles. The van der Waals surface area contributed by atoms with E-state index in [4.69, 9.17) is 9.47 Å². The Morgan fingerprint density at radius 2 is 0.750 bits per heavy atom. The number of unbranched alkanes of at least 4 members (excludes halogenated alkanes) is 43. The molecule has 9 unspecified atom stereocenters. The van der Waals surface area contributed by atoms with Gasteiger partial charge in [0.25, 0.3) is 0 Å². The molecule has 8 N–H and O–H groups in total. The highest BCUT2D eigenvalue weighted by molar-refractivity contribution is 5.80. The minimum Gasteiger partial charge on any atom is -0.394 e. The predicted octanol–water partition coefficient (Wildman–Crippen LogP) is 17.5. The molecule has 1 heterocycles. The SMILES string of the molecule is CCCCCCCCCCC/C=C\C/C=C\CCCCCCCCCCCCCCCCCCC(O)C(=O)NC(COC1OC(CO)C(O)C(O)C1O)C(O)C(O)CCC/C=C/CC/C=C/CCCCCCCCCCCCCCCCCC. The zero-order chi connectivity index (χ0) is 61.0. The lowest BCUT2D eigenvalue weighted by Crippen LogP contribution is -2.60. The monoisotopic (exact) mass is 1190 g/mol. The van der Waals surface area contributed by atoms with E-state index in [1.165, 1.54) is 250 Å². The molecule has 0 aromatic heterocycles. The van der Waals surface area contributed by atoms with Gasteiger partial charge in [0.15, 0.2) is 6.29 Å². The first kappa shape index (κ1) is 80.1. The van der Waals surface area contributed by atoms with Gasteiger partial charge in [-0.15, -0.1) is 0 Å². The molecule has 1 fully saturated rings. The molecule has 0 spiro atoms. The average Bonchev–Trinajstić information content (AvgIpc) is 3.69. The van der Waals surface area contributed by atoms with Crippen LogP contribution in [0, 0.1) is 0 Å². The van der Waals surface area contributed by atoms with Crippen molar-refractivity contribution in [1.29, 1.82) is 0 Å². The summed E-state index contributed by atoms with van der Waals surface area (Å²) in [5.74, 6) is -0.706. The minimum atomic E-state index is -1.67. The Balaban J connectivity index is 2.21. The van der Waals surface area contributed by atoms with E-state index in [2.05, 4.69) is 67.8 Å². The maximum Gasteiger partial charge on any atom is 0.249 e. The topological polar surface area (TPSA) is 189 Å². The second kappa shape index (κ2) is 61.3. The Hall–Kier alpha value is -1.93. The molecule has 9 atom stereocenters. The predicted molar refractivity (Wildman–Crippen MR) is 353 cm³/mol. The van der Waals surface area contributed by atoms with Crippen molar-refractivity contribution in [3.63, 3.8) is 0 Å². The number of amides is 1. The summed E-state index contributed by atoms with van der Waals surface area (Å²) in [6, 6.07) is -1.19. The van der Waals surface area contributed by atoms with Crippen molar-refractivity contribution < 1.29 is 50.0 Å². The third kappa shape index (κ3) is 48.1. The van der Waals surface area contributed by atoms with Crippen LogP contribution in [0.2, 0.25) is 0 Å². The second-order valence-corrected chi connectivity index (χ2v) is 25.3. The van der Waals surface area contributed by atoms with E-state index in [0.717, 1.165) is 44.9 Å². The maximum atomic E-state index is 13.3. The fourth-order valence-corrected chi connectivity index (χ4v) is 11.6. The largest absolute Gasteiger partial charge is 0.394 e. The molecule has 0 aromatic carbocycles. The molecule has 84 heavy (non-hydrogen) atoms. The van der Waals surface area contributed by atoms with E-state index < -0.39 is 74.2 Å². The van der Waals surface area contributed by atoms with E-state index in [9.17, 15) is 40.5 Å². The van der Waals surface area contributed by atoms with Crippen LogP contribution >= 0.6 is 0 Å². The van der Waals surface area contributed by atoms with Crippen molar-refractivity contribution in [3.05, 3.63) is 48.6 Å². The summed E-state index contributed by atoms with van der Waals surface area (Å²) in [5.41, 5.74) is 0. The first-order valence-electron chi connectivity index (χ1n) is 36.0. The van der Waals surface area contributed by atoms with Gasteiger partial charge in [0.05, 0.1) is 25.4 Å². The van der Waals surface area contributed by atoms with E-state index in [0.29, 0.717) is 19.3 Å². The summed E-state index contributed by atoms with van der Waals surface area (Å²) in [6.07, 6.45) is 69.2. The summed E-state index contributed by atoms with van der Waals surface area (Å²) < 4.78 is 11.2. The molecule has 1 amide bonds. The van der Waals surface area contributed by atoms with Gasteiger partial charge in [0.2, 0.25) is 5.91 Å². The summed E-state index contributed by atoms with van der Waals surface area (Å²) in [7, 11) is 0. The molecule has 1 saturated heterocycles. The van der Waals surface area contributed by atoms with Crippen molar-refractivity contribution in [2.75, 3.05) is 13.2 Å². The van der Waals surface area contributed by atoms with Crippen molar-refractivity contribution in [2.45, 2.75) is 396 Å². The Morgan fingerprint density at radius 1 is 0.417 bits per heavy atom. The number of nitrogens with one attached hydrogen (secondary N) is 1. The maximum absolute atomic E-state index is 13.3. The summed E-state index contributed by atoms with van der Waals surface area (Å²) in [5, 5.41) is 76.5. The van der Waals surface area contributed by atoms with Crippen LogP contribution in [0.4, 0.5) is 0 Å². The number of allylic oxidation sites excluding steroid dienone is 8. The lowest BCUT2D eigenvalue weighted by molar-refractivity contribution is -0.303. The van der Waals surface area contributed by atoms with Gasteiger partial charge in [0.1, 0.15) is 36.6 Å². The molecule has 1 rings (SSSR count). The van der Waals surface area contributed by atoms with Crippen molar-refractivity contribution >= 4 is 5.91 Å². The molecule has 0 radical (unpaired) electrons. The van der Waals surface area contributed by atoms with Gasteiger partial charge >= 0.3 is 0 Å². The van der Waals surface area contributed by atoms with Crippen LogP contribution in [0.15, 0.2) is 48.6 Å². The Morgan fingerprint density at radius 3 is 1.13 bits per heavy atom. The van der Waals surface area contributed by atoms with E-state index in [1.807, 2.05) is 0 Å². The quantitative estimate of drug-likeness (QED) is 0.0215. The van der Waals surface area contributed by atoms with Crippen molar-refractivity contribution in [3.8, 4) is 0 Å². The van der Waals surface area contributed by atoms with Gasteiger partial charge in [-0.05, 0) is 83.5 Å². The number of ether oxygens (including phenoxy) is 2. The van der Waals surface area contributed by atoms with Gasteiger partial charge in [0, 0.05) is 0 Å². The van der Waals surface area contributed by atoms with Crippen LogP contribution in [0.1, 0.15) is 341 Å². The molecular formula is C73H137NO10. The van der Waals surface area contributed by atoms with E-state index in [-0.39, 0.29) is 12.8 Å². The highest BCUT2D eigenvalue weighted by atomic mass is 16.7. The number of aliphatic hydroxyl groups is 7. The van der Waals surface area contributed by atoms with Gasteiger partial charge in [-0.25, -0.2) is 0 Å².